The van der Waals surface area contributed by atoms with Gasteiger partial charge in [-0.2, -0.15) is 0 Å². The van der Waals surface area contributed by atoms with Crippen molar-refractivity contribution in [1.82, 2.24) is 10.2 Å². The van der Waals surface area contributed by atoms with Crippen molar-refractivity contribution in [2.24, 2.45) is 0 Å². The molecule has 26 heavy (non-hydrogen) atoms. The quantitative estimate of drug-likeness (QED) is 0.793. The molecule has 6 nitrogen and oxygen atoms in total. The number of rotatable bonds is 6. The largest absolute Gasteiger partial charge is 0.450 e. The molecule has 0 saturated carbocycles. The lowest BCUT2D eigenvalue weighted by Gasteiger charge is -2.31. The summed E-state index contributed by atoms with van der Waals surface area (Å²) in [5.74, 6) is -1.89. The Hall–Kier alpha value is -2.22. The monoisotopic (exact) mass is 370 g/mol. The molecule has 8 heteroatoms. The molecule has 3 N–H and O–H groups in total. The van der Waals surface area contributed by atoms with Gasteiger partial charge in [0.05, 0.1) is 6.61 Å². The molecule has 1 aromatic rings. The summed E-state index contributed by atoms with van der Waals surface area (Å²) in [6.07, 6.45) is 1.05. The van der Waals surface area contributed by atoms with Crippen LogP contribution in [0.15, 0.2) is 18.2 Å². The van der Waals surface area contributed by atoms with Gasteiger partial charge in [0.25, 0.3) is 5.91 Å². The Labute approximate surface area is 151 Å². The van der Waals surface area contributed by atoms with E-state index in [0.29, 0.717) is 38.1 Å². The van der Waals surface area contributed by atoms with Gasteiger partial charge < -0.3 is 20.3 Å². The molecule has 0 spiro atoms. The van der Waals surface area contributed by atoms with Gasteiger partial charge >= 0.3 is 6.09 Å². The van der Waals surface area contributed by atoms with E-state index in [0.717, 1.165) is 12.1 Å². The molecule has 2 rings (SSSR count). The highest BCUT2D eigenvalue weighted by atomic mass is 19.2. The highest BCUT2D eigenvalue weighted by molar-refractivity contribution is 5.77. The fourth-order valence-corrected chi connectivity index (χ4v) is 2.92. The Balaban J connectivity index is 1.72. The number of ether oxygens (including phenoxy) is 1. The highest BCUT2D eigenvalue weighted by Crippen LogP contribution is 2.13. The SMILES string of the molecule is CCOC(=O)N1CCC(NC(=O)C[NH2+][C@H](C)c2ccc(F)c(F)c2)CC1. The Kier molecular flexibility index (Phi) is 7.32. The summed E-state index contributed by atoms with van der Waals surface area (Å²) in [7, 11) is 0. The van der Waals surface area contributed by atoms with Crippen LogP contribution >= 0.6 is 0 Å². The number of benzene rings is 1. The van der Waals surface area contributed by atoms with Crippen LogP contribution in [0.25, 0.3) is 0 Å². The van der Waals surface area contributed by atoms with Crippen LogP contribution in [-0.4, -0.2) is 49.2 Å². The van der Waals surface area contributed by atoms with Crippen LogP contribution in [0, 0.1) is 11.6 Å². The number of piperidine rings is 1. The molecule has 1 aromatic carbocycles. The summed E-state index contributed by atoms with van der Waals surface area (Å²) in [6.45, 7) is 5.25. The van der Waals surface area contributed by atoms with Crippen molar-refractivity contribution >= 4 is 12.0 Å². The van der Waals surface area contributed by atoms with Crippen molar-refractivity contribution in [2.75, 3.05) is 26.2 Å². The second-order valence-electron chi connectivity index (χ2n) is 6.43. The summed E-state index contributed by atoms with van der Waals surface area (Å²) in [6, 6.07) is 3.62. The lowest BCUT2D eigenvalue weighted by molar-refractivity contribution is -0.682. The Morgan fingerprint density at radius 1 is 1.31 bits per heavy atom. The third-order valence-electron chi connectivity index (χ3n) is 4.51. The molecule has 0 aromatic heterocycles. The maximum atomic E-state index is 13.3. The number of nitrogens with zero attached hydrogens (tertiary/aromatic N) is 1. The summed E-state index contributed by atoms with van der Waals surface area (Å²) < 4.78 is 31.2. The summed E-state index contributed by atoms with van der Waals surface area (Å²) in [5.41, 5.74) is 0.624. The first-order chi connectivity index (χ1) is 12.4. The zero-order chi connectivity index (χ0) is 19.1. The third kappa shape index (κ3) is 5.66. The minimum atomic E-state index is -0.888. The van der Waals surface area contributed by atoms with Crippen LogP contribution in [0.5, 0.6) is 0 Å². The van der Waals surface area contributed by atoms with E-state index in [1.165, 1.54) is 6.07 Å². The van der Waals surface area contributed by atoms with Crippen molar-refractivity contribution in [1.29, 1.82) is 0 Å². The molecule has 1 fully saturated rings. The third-order valence-corrected chi connectivity index (χ3v) is 4.51. The smallest absolute Gasteiger partial charge is 0.409 e. The van der Waals surface area contributed by atoms with Gasteiger partial charge in [0.2, 0.25) is 0 Å². The first kappa shape index (κ1) is 20.1. The van der Waals surface area contributed by atoms with Gasteiger partial charge in [0.1, 0.15) is 6.04 Å². The zero-order valence-electron chi connectivity index (χ0n) is 15.1. The van der Waals surface area contributed by atoms with Crippen LogP contribution in [-0.2, 0) is 9.53 Å². The molecular formula is C18H26F2N3O3+. The Bertz CT molecular complexity index is 634. The average molecular weight is 370 g/mol. The van der Waals surface area contributed by atoms with Gasteiger partial charge in [-0.15, -0.1) is 0 Å². The van der Waals surface area contributed by atoms with E-state index < -0.39 is 11.6 Å². The number of carbonyl (C=O) groups excluding carboxylic acids is 2. The predicted octanol–water partition coefficient (Wildman–Crippen LogP) is 1.33. The lowest BCUT2D eigenvalue weighted by Crippen LogP contribution is -2.87. The maximum absolute atomic E-state index is 13.3. The van der Waals surface area contributed by atoms with Crippen LogP contribution in [0.1, 0.15) is 38.3 Å². The fraction of sp³-hybridized carbons (Fsp3) is 0.556. The lowest BCUT2D eigenvalue weighted by atomic mass is 10.1. The number of nitrogens with one attached hydrogen (secondary N) is 1. The standard InChI is InChI=1S/C18H25F2N3O3/c1-3-26-18(25)23-8-6-14(7-9-23)22-17(24)11-21-12(2)13-4-5-15(19)16(20)10-13/h4-5,10,12,14,21H,3,6-9,11H2,1-2H3,(H,22,24)/p+1/t12-/m1/s1. The van der Waals surface area contributed by atoms with Crippen LogP contribution < -0.4 is 10.6 Å². The summed E-state index contributed by atoms with van der Waals surface area (Å²) in [4.78, 5) is 25.4. The number of quaternary nitrogens is 1. The van der Waals surface area contributed by atoms with E-state index in [2.05, 4.69) is 5.32 Å². The number of amides is 2. The van der Waals surface area contributed by atoms with Gasteiger partial charge in [-0.25, -0.2) is 13.6 Å². The van der Waals surface area contributed by atoms with Gasteiger partial charge in [-0.3, -0.25) is 4.79 Å². The van der Waals surface area contributed by atoms with Crippen LogP contribution in [0.2, 0.25) is 0 Å². The van der Waals surface area contributed by atoms with E-state index in [1.54, 1.807) is 17.1 Å². The predicted molar refractivity (Wildman–Crippen MR) is 91.3 cm³/mol. The molecule has 1 atom stereocenters. The van der Waals surface area contributed by atoms with E-state index in [4.69, 9.17) is 4.74 Å². The van der Waals surface area contributed by atoms with Crippen molar-refractivity contribution in [3.8, 4) is 0 Å². The molecule has 144 valence electrons. The number of hydrogen-bond acceptors (Lipinski definition) is 3. The number of carbonyl (C=O) groups is 2. The van der Waals surface area contributed by atoms with Crippen LogP contribution in [0.3, 0.4) is 0 Å². The van der Waals surface area contributed by atoms with Crippen molar-refractivity contribution in [2.45, 2.75) is 38.8 Å². The second-order valence-corrected chi connectivity index (χ2v) is 6.43. The molecule has 1 saturated heterocycles. The molecular weight excluding hydrogens is 344 g/mol. The second kappa shape index (κ2) is 9.47. The van der Waals surface area contributed by atoms with Crippen molar-refractivity contribution in [3.05, 3.63) is 35.4 Å². The number of hydrogen-bond donors (Lipinski definition) is 2. The Morgan fingerprint density at radius 2 is 2.00 bits per heavy atom. The topological polar surface area (TPSA) is 75.2 Å². The molecule has 1 heterocycles. The zero-order valence-corrected chi connectivity index (χ0v) is 15.1. The van der Waals surface area contributed by atoms with Crippen molar-refractivity contribution in [3.63, 3.8) is 0 Å². The van der Waals surface area contributed by atoms with Gasteiger partial charge in [-0.05, 0) is 44.9 Å². The van der Waals surface area contributed by atoms with E-state index in [9.17, 15) is 18.4 Å². The Morgan fingerprint density at radius 3 is 2.62 bits per heavy atom. The first-order valence-electron chi connectivity index (χ1n) is 8.90. The van der Waals surface area contributed by atoms with E-state index >= 15 is 0 Å². The maximum Gasteiger partial charge on any atom is 0.409 e. The normalized spacial score (nSPS) is 16.2. The summed E-state index contributed by atoms with van der Waals surface area (Å²) in [5, 5.41) is 4.73. The van der Waals surface area contributed by atoms with E-state index in [1.807, 2.05) is 6.92 Å². The number of halogens is 2. The van der Waals surface area contributed by atoms with Crippen LogP contribution in [0.4, 0.5) is 13.6 Å². The van der Waals surface area contributed by atoms with Gasteiger partial charge in [0.15, 0.2) is 18.2 Å². The fourth-order valence-electron chi connectivity index (χ4n) is 2.92. The minimum absolute atomic E-state index is 0.0279. The molecule has 0 aliphatic carbocycles. The first-order valence-corrected chi connectivity index (χ1v) is 8.90. The molecule has 0 radical (unpaired) electrons. The molecule has 1 aliphatic heterocycles. The molecule has 1 aliphatic rings. The van der Waals surface area contributed by atoms with Gasteiger partial charge in [-0.1, -0.05) is 0 Å². The molecule has 0 unspecified atom stereocenters. The summed E-state index contributed by atoms with van der Waals surface area (Å²) >= 11 is 0. The molecule has 0 bridgehead atoms. The van der Waals surface area contributed by atoms with Crippen molar-refractivity contribution < 1.29 is 28.4 Å². The van der Waals surface area contributed by atoms with E-state index in [-0.39, 0.29) is 30.6 Å². The average Bonchev–Trinajstić information content (AvgIpc) is 2.62. The molecule has 2 amide bonds. The number of likely N-dealkylation sites (tertiary alicyclic amines) is 1. The minimum Gasteiger partial charge on any atom is -0.450 e. The number of nitrogens with two attached hydrogens (primary N) is 1. The van der Waals surface area contributed by atoms with Gasteiger partial charge in [0, 0.05) is 24.7 Å². The highest BCUT2D eigenvalue weighted by Gasteiger charge is 2.25.